The molecule has 0 bridgehead atoms. The van der Waals surface area contributed by atoms with E-state index in [0.717, 1.165) is 17.6 Å². The number of aryl methyl sites for hydroxylation is 1. The van der Waals surface area contributed by atoms with Crippen molar-refractivity contribution in [2.24, 2.45) is 0 Å². The van der Waals surface area contributed by atoms with Crippen molar-refractivity contribution < 1.29 is 0 Å². The van der Waals surface area contributed by atoms with Crippen LogP contribution in [-0.4, -0.2) is 11.0 Å². The van der Waals surface area contributed by atoms with Crippen LogP contribution >= 0.6 is 11.3 Å². The van der Waals surface area contributed by atoms with Gasteiger partial charge in [0.15, 0.2) is 0 Å². The smallest absolute Gasteiger partial charge is 0.124 e. The number of hydrogen-bond acceptors (Lipinski definition) is 3. The summed E-state index contributed by atoms with van der Waals surface area (Å²) < 4.78 is 0. The molecule has 2 aromatic rings. The minimum atomic E-state index is 0.0952. The second-order valence-corrected chi connectivity index (χ2v) is 8.09. The minimum absolute atomic E-state index is 0.0952. The first-order valence-electron chi connectivity index (χ1n) is 7.75. The van der Waals surface area contributed by atoms with Gasteiger partial charge < -0.3 is 5.32 Å². The lowest BCUT2D eigenvalue weighted by Crippen LogP contribution is -2.19. The number of benzene rings is 1. The molecule has 1 heterocycles. The largest absolute Gasteiger partial charge is 0.309 e. The fourth-order valence-electron chi connectivity index (χ4n) is 2.51. The Labute approximate surface area is 131 Å². The summed E-state index contributed by atoms with van der Waals surface area (Å²) in [5, 5.41) is 4.79. The molecule has 21 heavy (non-hydrogen) atoms. The van der Waals surface area contributed by atoms with E-state index in [1.807, 2.05) is 11.3 Å². The number of nitrogens with zero attached hydrogens (tertiary/aromatic N) is 1. The molecule has 3 rings (SSSR count). The zero-order valence-corrected chi connectivity index (χ0v) is 14.2. The van der Waals surface area contributed by atoms with Gasteiger partial charge in [0.2, 0.25) is 0 Å². The summed E-state index contributed by atoms with van der Waals surface area (Å²) in [6, 6.07) is 9.27. The molecule has 0 radical (unpaired) electrons. The molecular formula is C18H24N2S. The molecule has 1 aromatic heterocycles. The van der Waals surface area contributed by atoms with Crippen LogP contribution in [0.3, 0.4) is 0 Å². The summed E-state index contributed by atoms with van der Waals surface area (Å²) in [7, 11) is 0. The zero-order valence-electron chi connectivity index (χ0n) is 13.4. The maximum Gasteiger partial charge on any atom is 0.124 e. The fourth-order valence-corrected chi connectivity index (χ4v) is 3.82. The summed E-state index contributed by atoms with van der Waals surface area (Å²) in [5.74, 6) is 0. The lowest BCUT2D eigenvalue weighted by Gasteiger charge is -2.17. The van der Waals surface area contributed by atoms with E-state index in [2.05, 4.69) is 57.3 Å². The van der Waals surface area contributed by atoms with Gasteiger partial charge in [0, 0.05) is 28.4 Å². The highest BCUT2D eigenvalue weighted by molar-refractivity contribution is 7.15. The Morgan fingerprint density at radius 3 is 2.57 bits per heavy atom. The van der Waals surface area contributed by atoms with Crippen LogP contribution in [0.25, 0.3) is 10.6 Å². The molecule has 1 aromatic carbocycles. The average molecular weight is 300 g/mol. The van der Waals surface area contributed by atoms with Crippen LogP contribution in [0.4, 0.5) is 0 Å². The van der Waals surface area contributed by atoms with Crippen molar-refractivity contribution in [2.75, 3.05) is 0 Å². The lowest BCUT2D eigenvalue weighted by atomic mass is 9.91. The molecule has 0 spiro atoms. The van der Waals surface area contributed by atoms with Crippen molar-refractivity contribution in [2.45, 2.75) is 58.5 Å². The number of aromatic nitrogens is 1. The highest BCUT2D eigenvalue weighted by atomic mass is 32.1. The first-order chi connectivity index (χ1) is 9.95. The van der Waals surface area contributed by atoms with Crippen molar-refractivity contribution in [3.8, 4) is 10.6 Å². The van der Waals surface area contributed by atoms with Crippen LogP contribution in [0.15, 0.2) is 24.3 Å². The molecule has 1 fully saturated rings. The van der Waals surface area contributed by atoms with Crippen molar-refractivity contribution in [1.29, 1.82) is 0 Å². The van der Waals surface area contributed by atoms with E-state index >= 15 is 0 Å². The molecule has 1 N–H and O–H groups in total. The second kappa shape index (κ2) is 5.54. The van der Waals surface area contributed by atoms with Gasteiger partial charge in [-0.2, -0.15) is 0 Å². The number of rotatable bonds is 4. The van der Waals surface area contributed by atoms with E-state index in [0.29, 0.717) is 0 Å². The average Bonchev–Trinajstić information content (AvgIpc) is 3.14. The molecule has 0 unspecified atom stereocenters. The van der Waals surface area contributed by atoms with E-state index in [9.17, 15) is 0 Å². The van der Waals surface area contributed by atoms with Crippen LogP contribution in [0.1, 0.15) is 49.7 Å². The SMILES string of the molecule is Cc1ccccc1-c1nc(C(C)(C)C)c(CNC2CC2)s1. The maximum atomic E-state index is 4.99. The summed E-state index contributed by atoms with van der Waals surface area (Å²) >= 11 is 1.85. The molecular weight excluding hydrogens is 276 g/mol. The first-order valence-corrected chi connectivity index (χ1v) is 8.56. The van der Waals surface area contributed by atoms with Gasteiger partial charge in [-0.25, -0.2) is 4.98 Å². The Bertz CT molecular complexity index is 633. The van der Waals surface area contributed by atoms with Gasteiger partial charge in [-0.1, -0.05) is 45.0 Å². The van der Waals surface area contributed by atoms with Crippen molar-refractivity contribution in [3.05, 3.63) is 40.4 Å². The molecule has 0 amide bonds. The highest BCUT2D eigenvalue weighted by Gasteiger charge is 2.26. The maximum absolute atomic E-state index is 4.99. The standard InChI is InChI=1S/C18H24N2S/c1-12-7-5-6-8-14(12)17-20-16(18(2,3)4)15(21-17)11-19-13-9-10-13/h5-8,13,19H,9-11H2,1-4H3. The van der Waals surface area contributed by atoms with Crippen molar-refractivity contribution >= 4 is 11.3 Å². The molecule has 1 aliphatic rings. The van der Waals surface area contributed by atoms with E-state index < -0.39 is 0 Å². The molecule has 2 nitrogen and oxygen atoms in total. The summed E-state index contributed by atoms with van der Waals surface area (Å²) in [5.41, 5.74) is 3.91. The van der Waals surface area contributed by atoms with E-state index in [1.54, 1.807) is 0 Å². The third-order valence-corrected chi connectivity index (χ3v) is 5.00. The molecule has 0 aliphatic heterocycles. The van der Waals surface area contributed by atoms with Gasteiger partial charge in [-0.3, -0.25) is 0 Å². The summed E-state index contributed by atoms with van der Waals surface area (Å²) in [6.45, 7) is 9.88. The Balaban J connectivity index is 1.96. The van der Waals surface area contributed by atoms with E-state index in [4.69, 9.17) is 4.98 Å². The molecule has 3 heteroatoms. The minimum Gasteiger partial charge on any atom is -0.309 e. The number of nitrogens with one attached hydrogen (secondary N) is 1. The molecule has 0 atom stereocenters. The van der Waals surface area contributed by atoms with Crippen molar-refractivity contribution in [1.82, 2.24) is 10.3 Å². The van der Waals surface area contributed by atoms with Crippen LogP contribution in [-0.2, 0) is 12.0 Å². The van der Waals surface area contributed by atoms with Crippen LogP contribution in [0.2, 0.25) is 0 Å². The van der Waals surface area contributed by atoms with Crippen LogP contribution in [0, 0.1) is 6.92 Å². The van der Waals surface area contributed by atoms with Gasteiger partial charge >= 0.3 is 0 Å². The van der Waals surface area contributed by atoms with E-state index in [1.165, 1.54) is 34.5 Å². The van der Waals surface area contributed by atoms with Gasteiger partial charge in [-0.15, -0.1) is 11.3 Å². The fraction of sp³-hybridized carbons (Fsp3) is 0.500. The molecule has 1 saturated carbocycles. The van der Waals surface area contributed by atoms with E-state index in [-0.39, 0.29) is 5.41 Å². The Hall–Kier alpha value is -1.19. The quantitative estimate of drug-likeness (QED) is 0.887. The monoisotopic (exact) mass is 300 g/mol. The van der Waals surface area contributed by atoms with Gasteiger partial charge in [0.1, 0.15) is 5.01 Å². The third kappa shape index (κ3) is 3.35. The predicted molar refractivity (Wildman–Crippen MR) is 90.8 cm³/mol. The van der Waals surface area contributed by atoms with Gasteiger partial charge in [0.05, 0.1) is 5.69 Å². The molecule has 112 valence electrons. The predicted octanol–water partition coefficient (Wildman–Crippen LogP) is 4.67. The number of hydrogen-bond donors (Lipinski definition) is 1. The molecule has 1 aliphatic carbocycles. The normalized spacial score (nSPS) is 15.4. The van der Waals surface area contributed by atoms with Crippen molar-refractivity contribution in [3.63, 3.8) is 0 Å². The van der Waals surface area contributed by atoms with Gasteiger partial charge in [0.25, 0.3) is 0 Å². The zero-order chi connectivity index (χ0) is 15.0. The number of thiazole rings is 1. The van der Waals surface area contributed by atoms with Crippen LogP contribution in [0.5, 0.6) is 0 Å². The lowest BCUT2D eigenvalue weighted by molar-refractivity contribution is 0.559. The Morgan fingerprint density at radius 1 is 1.24 bits per heavy atom. The Morgan fingerprint density at radius 2 is 1.95 bits per heavy atom. The van der Waals surface area contributed by atoms with Gasteiger partial charge in [-0.05, 0) is 25.3 Å². The van der Waals surface area contributed by atoms with Crippen LogP contribution < -0.4 is 5.32 Å². The summed E-state index contributed by atoms with van der Waals surface area (Å²) in [4.78, 5) is 6.39. The third-order valence-electron chi connectivity index (χ3n) is 3.91. The second-order valence-electron chi connectivity index (χ2n) is 7.01. The highest BCUT2D eigenvalue weighted by Crippen LogP contribution is 2.36. The molecule has 0 saturated heterocycles. The first kappa shape index (κ1) is 14.7. The Kier molecular flexibility index (Phi) is 3.89. The topological polar surface area (TPSA) is 24.9 Å². The summed E-state index contributed by atoms with van der Waals surface area (Å²) in [6.07, 6.45) is 2.66.